The van der Waals surface area contributed by atoms with Crippen molar-refractivity contribution in [2.24, 2.45) is 5.92 Å². The molecule has 0 spiro atoms. The number of piperidine rings is 1. The molecular weight excluding hydrogens is 320 g/mol. The summed E-state index contributed by atoms with van der Waals surface area (Å²) in [6.45, 7) is 3.08. The van der Waals surface area contributed by atoms with Crippen molar-refractivity contribution < 1.29 is 14.4 Å². The third kappa shape index (κ3) is 4.57. The van der Waals surface area contributed by atoms with Gasteiger partial charge in [-0.1, -0.05) is 12.1 Å². The Kier molecular flexibility index (Phi) is 5.65. The van der Waals surface area contributed by atoms with Gasteiger partial charge in [0.15, 0.2) is 0 Å². The summed E-state index contributed by atoms with van der Waals surface area (Å²) in [6.07, 6.45) is 3.42. The van der Waals surface area contributed by atoms with Gasteiger partial charge in [-0.25, -0.2) is 4.79 Å². The van der Waals surface area contributed by atoms with Gasteiger partial charge in [0, 0.05) is 12.1 Å². The lowest BCUT2D eigenvalue weighted by Crippen LogP contribution is -2.33. The van der Waals surface area contributed by atoms with Crippen LogP contribution >= 0.6 is 0 Å². The van der Waals surface area contributed by atoms with Crippen molar-refractivity contribution in [2.45, 2.75) is 25.8 Å². The summed E-state index contributed by atoms with van der Waals surface area (Å²) in [5.74, 6) is 0.315. The molecule has 3 N–H and O–H groups in total. The fourth-order valence-corrected chi connectivity index (χ4v) is 3.22. The second-order valence-corrected chi connectivity index (χ2v) is 6.59. The number of imide groups is 1. The normalized spacial score (nSPS) is 20.5. The fraction of sp³-hybridized carbons (Fsp3) is 0.500. The van der Waals surface area contributed by atoms with E-state index in [0.717, 1.165) is 25.1 Å². The van der Waals surface area contributed by atoms with Crippen molar-refractivity contribution in [1.29, 1.82) is 0 Å². The van der Waals surface area contributed by atoms with Crippen molar-refractivity contribution >= 4 is 17.8 Å². The maximum absolute atomic E-state index is 12.2. The van der Waals surface area contributed by atoms with Crippen molar-refractivity contribution in [3.8, 4) is 0 Å². The number of hydrogen-bond acceptors (Lipinski definition) is 4. The molecule has 0 saturated carbocycles. The van der Waals surface area contributed by atoms with Crippen LogP contribution in [0.4, 0.5) is 4.79 Å². The summed E-state index contributed by atoms with van der Waals surface area (Å²) < 4.78 is 0. The zero-order valence-corrected chi connectivity index (χ0v) is 14.2. The van der Waals surface area contributed by atoms with E-state index in [1.807, 2.05) is 0 Å². The molecule has 2 heterocycles. The number of carbonyl (C=O) groups is 3. The molecule has 0 aliphatic carbocycles. The molecule has 25 heavy (non-hydrogen) atoms. The number of carbonyl (C=O) groups excluding carboxylic acids is 3. The van der Waals surface area contributed by atoms with Crippen LogP contribution in [0.25, 0.3) is 0 Å². The van der Waals surface area contributed by atoms with E-state index in [2.05, 4.69) is 16.0 Å². The second kappa shape index (κ2) is 8.11. The molecule has 1 unspecified atom stereocenters. The highest BCUT2D eigenvalue weighted by molar-refractivity contribution is 6.01. The lowest BCUT2D eigenvalue weighted by atomic mass is 9.96. The Morgan fingerprint density at radius 3 is 2.68 bits per heavy atom. The van der Waals surface area contributed by atoms with Gasteiger partial charge in [0.05, 0.1) is 13.1 Å². The van der Waals surface area contributed by atoms with Gasteiger partial charge in [-0.05, 0) is 56.0 Å². The van der Waals surface area contributed by atoms with Crippen molar-refractivity contribution in [2.75, 3.05) is 26.2 Å². The standard InChI is InChI=1S/C18H24N4O3/c23-16-11-21-18(25)22(16)12-14-3-5-15(6-4-14)17(24)20-9-7-13-2-1-8-19-10-13/h3-6,13,19H,1-2,7-12H2,(H,20,24)(H,21,25). The number of amides is 4. The Morgan fingerprint density at radius 2 is 2.04 bits per heavy atom. The van der Waals surface area contributed by atoms with Crippen molar-refractivity contribution in [1.82, 2.24) is 20.9 Å². The topological polar surface area (TPSA) is 90.5 Å². The molecule has 0 radical (unpaired) electrons. The van der Waals surface area contributed by atoms with Crippen LogP contribution in [0.1, 0.15) is 35.2 Å². The van der Waals surface area contributed by atoms with E-state index in [1.165, 1.54) is 17.7 Å². The molecular formula is C18H24N4O3. The summed E-state index contributed by atoms with van der Waals surface area (Å²) in [5.41, 5.74) is 1.40. The van der Waals surface area contributed by atoms with E-state index in [1.54, 1.807) is 24.3 Å². The first-order valence-electron chi connectivity index (χ1n) is 8.79. The highest BCUT2D eigenvalue weighted by atomic mass is 16.2. The number of rotatable bonds is 6. The van der Waals surface area contributed by atoms with Crippen LogP contribution in [0.2, 0.25) is 0 Å². The van der Waals surface area contributed by atoms with Crippen molar-refractivity contribution in [3.63, 3.8) is 0 Å². The SMILES string of the molecule is O=C(NCCC1CCCNC1)c1ccc(CN2C(=O)CNC2=O)cc1. The van der Waals surface area contributed by atoms with E-state index in [-0.39, 0.29) is 30.9 Å². The number of nitrogens with one attached hydrogen (secondary N) is 3. The fourth-order valence-electron chi connectivity index (χ4n) is 3.22. The molecule has 1 atom stereocenters. The average molecular weight is 344 g/mol. The van der Waals surface area contributed by atoms with Gasteiger partial charge in [-0.2, -0.15) is 0 Å². The number of nitrogens with zero attached hydrogens (tertiary/aromatic N) is 1. The summed E-state index contributed by atoms with van der Waals surface area (Å²) in [7, 11) is 0. The van der Waals surface area contributed by atoms with Crippen LogP contribution in [0.3, 0.4) is 0 Å². The summed E-state index contributed by atoms with van der Waals surface area (Å²) in [5, 5.41) is 8.82. The first kappa shape index (κ1) is 17.4. The molecule has 2 fully saturated rings. The summed E-state index contributed by atoms with van der Waals surface area (Å²) >= 11 is 0. The molecule has 134 valence electrons. The first-order chi connectivity index (χ1) is 12.1. The van der Waals surface area contributed by atoms with Gasteiger partial charge in [-0.3, -0.25) is 14.5 Å². The van der Waals surface area contributed by atoms with E-state index >= 15 is 0 Å². The molecule has 1 aromatic carbocycles. The monoisotopic (exact) mass is 344 g/mol. The average Bonchev–Trinajstić information content (AvgIpc) is 2.95. The predicted molar refractivity (Wildman–Crippen MR) is 92.9 cm³/mol. The minimum absolute atomic E-state index is 0.0514. The predicted octanol–water partition coefficient (Wildman–Crippen LogP) is 0.858. The highest BCUT2D eigenvalue weighted by Crippen LogP contribution is 2.13. The molecule has 0 bridgehead atoms. The lowest BCUT2D eigenvalue weighted by Gasteiger charge is -2.22. The van der Waals surface area contributed by atoms with Gasteiger partial charge in [0.25, 0.3) is 5.91 Å². The Balaban J connectivity index is 1.47. The van der Waals surface area contributed by atoms with Crippen LogP contribution in [-0.2, 0) is 11.3 Å². The number of hydrogen-bond donors (Lipinski definition) is 3. The van der Waals surface area contributed by atoms with E-state index < -0.39 is 0 Å². The summed E-state index contributed by atoms with van der Waals surface area (Å²) in [6, 6.07) is 6.64. The van der Waals surface area contributed by atoms with Gasteiger partial charge >= 0.3 is 6.03 Å². The lowest BCUT2D eigenvalue weighted by molar-refractivity contribution is -0.125. The molecule has 3 rings (SSSR count). The molecule has 1 aromatic rings. The van der Waals surface area contributed by atoms with Crippen LogP contribution in [0.5, 0.6) is 0 Å². The van der Waals surface area contributed by atoms with Gasteiger partial charge in [0.2, 0.25) is 5.91 Å². The molecule has 2 aliphatic heterocycles. The zero-order valence-electron chi connectivity index (χ0n) is 14.2. The Hall–Kier alpha value is -2.41. The smallest absolute Gasteiger partial charge is 0.324 e. The Bertz CT molecular complexity index is 622. The van der Waals surface area contributed by atoms with Gasteiger partial charge < -0.3 is 16.0 Å². The molecule has 7 heteroatoms. The van der Waals surface area contributed by atoms with Crippen LogP contribution in [0.15, 0.2) is 24.3 Å². The second-order valence-electron chi connectivity index (χ2n) is 6.59. The molecule has 7 nitrogen and oxygen atoms in total. The van der Waals surface area contributed by atoms with E-state index in [0.29, 0.717) is 18.0 Å². The minimum atomic E-state index is -0.371. The van der Waals surface area contributed by atoms with Gasteiger partial charge in [-0.15, -0.1) is 0 Å². The molecule has 2 aliphatic rings. The zero-order chi connectivity index (χ0) is 17.6. The maximum Gasteiger partial charge on any atom is 0.324 e. The number of benzene rings is 1. The third-order valence-electron chi connectivity index (χ3n) is 4.73. The van der Waals surface area contributed by atoms with Gasteiger partial charge in [0.1, 0.15) is 0 Å². The Morgan fingerprint density at radius 1 is 1.24 bits per heavy atom. The molecule has 4 amide bonds. The van der Waals surface area contributed by atoms with E-state index in [4.69, 9.17) is 0 Å². The molecule has 0 aromatic heterocycles. The first-order valence-corrected chi connectivity index (χ1v) is 8.79. The van der Waals surface area contributed by atoms with Crippen LogP contribution in [-0.4, -0.2) is 48.9 Å². The van der Waals surface area contributed by atoms with Crippen LogP contribution < -0.4 is 16.0 Å². The van der Waals surface area contributed by atoms with E-state index in [9.17, 15) is 14.4 Å². The third-order valence-corrected chi connectivity index (χ3v) is 4.73. The largest absolute Gasteiger partial charge is 0.352 e. The van der Waals surface area contributed by atoms with Crippen molar-refractivity contribution in [3.05, 3.63) is 35.4 Å². The Labute approximate surface area is 147 Å². The highest BCUT2D eigenvalue weighted by Gasteiger charge is 2.28. The van der Waals surface area contributed by atoms with Crippen LogP contribution in [0, 0.1) is 5.92 Å². The quantitative estimate of drug-likeness (QED) is 0.668. The summed E-state index contributed by atoms with van der Waals surface area (Å²) in [4.78, 5) is 36.5. The number of urea groups is 1. The minimum Gasteiger partial charge on any atom is -0.352 e. The maximum atomic E-state index is 12.2. The molecule has 2 saturated heterocycles.